The molecule has 0 spiro atoms. The summed E-state index contributed by atoms with van der Waals surface area (Å²) in [6, 6.07) is -0.648. The Kier molecular flexibility index (Phi) is 5.35. The summed E-state index contributed by atoms with van der Waals surface area (Å²) >= 11 is 0. The molecule has 1 atom stereocenters. The predicted octanol–water partition coefficient (Wildman–Crippen LogP) is 0.180. The van der Waals surface area contributed by atoms with Gasteiger partial charge in [0.1, 0.15) is 11.5 Å². The highest BCUT2D eigenvalue weighted by Crippen LogP contribution is 2.41. The number of carbonyl (C=O) groups excluding carboxylic acids is 2. The van der Waals surface area contributed by atoms with Gasteiger partial charge in [-0.2, -0.15) is 0 Å². The van der Waals surface area contributed by atoms with E-state index in [1.54, 1.807) is 6.92 Å². The first kappa shape index (κ1) is 16.3. The Hall–Kier alpha value is -1.79. The maximum absolute atomic E-state index is 12.2. The molecule has 114 valence electrons. The Morgan fingerprint density at radius 1 is 1.35 bits per heavy atom. The Morgan fingerprint density at radius 3 is 2.35 bits per heavy atom. The van der Waals surface area contributed by atoms with Crippen molar-refractivity contribution in [3.63, 3.8) is 0 Å². The molecule has 5 N–H and O–H groups in total. The summed E-state index contributed by atoms with van der Waals surface area (Å²) in [5.41, 5.74) is 4.65. The molecular formula is C13H24N4O3. The molecule has 0 heterocycles. The molecule has 2 amide bonds. The molecule has 0 bridgehead atoms. The van der Waals surface area contributed by atoms with Gasteiger partial charge in [0.05, 0.1) is 0 Å². The second-order valence-corrected chi connectivity index (χ2v) is 5.76. The van der Waals surface area contributed by atoms with Crippen LogP contribution in [0.1, 0.15) is 40.0 Å². The third kappa shape index (κ3) is 3.40. The smallest absolute Gasteiger partial charge is 0.242 e. The van der Waals surface area contributed by atoms with Crippen molar-refractivity contribution in [1.29, 1.82) is 0 Å². The van der Waals surface area contributed by atoms with E-state index in [9.17, 15) is 9.59 Å². The van der Waals surface area contributed by atoms with E-state index in [-0.39, 0.29) is 17.6 Å². The fourth-order valence-electron chi connectivity index (χ4n) is 2.08. The lowest BCUT2D eigenvalue weighted by Gasteiger charge is -2.39. The van der Waals surface area contributed by atoms with Gasteiger partial charge < -0.3 is 21.6 Å². The third-order valence-corrected chi connectivity index (χ3v) is 3.67. The van der Waals surface area contributed by atoms with Crippen molar-refractivity contribution in [3.8, 4) is 0 Å². The van der Waals surface area contributed by atoms with Gasteiger partial charge in [0, 0.05) is 6.54 Å². The van der Waals surface area contributed by atoms with Gasteiger partial charge in [-0.1, -0.05) is 25.4 Å². The minimum absolute atomic E-state index is 0.0870. The number of nitrogens with two attached hydrogens (primary N) is 1. The minimum atomic E-state index is -0.957. The number of nitrogens with zero attached hydrogens (tertiary/aromatic N) is 1. The van der Waals surface area contributed by atoms with Crippen LogP contribution in [0.25, 0.3) is 0 Å². The van der Waals surface area contributed by atoms with Crippen LogP contribution in [0.3, 0.4) is 0 Å². The summed E-state index contributed by atoms with van der Waals surface area (Å²) in [7, 11) is 0. The van der Waals surface area contributed by atoms with Crippen LogP contribution < -0.4 is 16.4 Å². The maximum atomic E-state index is 12.2. The SMILES string of the molecule is CC(C)CNC(=O)C(C)NC(=O)C1(C(N)=NO)CCC1. The lowest BCUT2D eigenvalue weighted by molar-refractivity contribution is -0.135. The number of hydrogen-bond donors (Lipinski definition) is 4. The number of rotatable bonds is 6. The lowest BCUT2D eigenvalue weighted by atomic mass is 9.67. The van der Waals surface area contributed by atoms with Crippen molar-refractivity contribution in [2.24, 2.45) is 22.2 Å². The molecule has 20 heavy (non-hydrogen) atoms. The van der Waals surface area contributed by atoms with Crippen molar-refractivity contribution >= 4 is 17.6 Å². The molecule has 0 aromatic carbocycles. The maximum Gasteiger partial charge on any atom is 0.242 e. The molecule has 0 aliphatic heterocycles. The van der Waals surface area contributed by atoms with E-state index >= 15 is 0 Å². The number of hydrogen-bond acceptors (Lipinski definition) is 4. The fourth-order valence-corrected chi connectivity index (χ4v) is 2.08. The number of nitrogens with one attached hydrogen (secondary N) is 2. The number of amides is 2. The molecule has 1 aliphatic carbocycles. The Labute approximate surface area is 119 Å². The largest absolute Gasteiger partial charge is 0.409 e. The normalized spacial score (nSPS) is 19.1. The molecule has 1 aliphatic rings. The van der Waals surface area contributed by atoms with E-state index in [4.69, 9.17) is 10.9 Å². The zero-order valence-electron chi connectivity index (χ0n) is 12.3. The molecule has 1 unspecified atom stereocenters. The van der Waals surface area contributed by atoms with Gasteiger partial charge in [0.2, 0.25) is 11.8 Å². The van der Waals surface area contributed by atoms with Crippen LogP contribution in [0.15, 0.2) is 5.16 Å². The highest BCUT2D eigenvalue weighted by Gasteiger charge is 2.48. The monoisotopic (exact) mass is 284 g/mol. The topological polar surface area (TPSA) is 117 Å². The number of carbonyl (C=O) groups is 2. The Bertz CT molecular complexity index is 402. The minimum Gasteiger partial charge on any atom is -0.409 e. The van der Waals surface area contributed by atoms with Gasteiger partial charge in [-0.25, -0.2) is 0 Å². The highest BCUT2D eigenvalue weighted by molar-refractivity contribution is 6.08. The summed E-state index contributed by atoms with van der Waals surface area (Å²) in [4.78, 5) is 24.1. The fraction of sp³-hybridized carbons (Fsp3) is 0.769. The van der Waals surface area contributed by atoms with E-state index in [1.807, 2.05) is 13.8 Å². The molecule has 0 aromatic rings. The van der Waals surface area contributed by atoms with Gasteiger partial charge >= 0.3 is 0 Å². The highest BCUT2D eigenvalue weighted by atomic mass is 16.4. The van der Waals surface area contributed by atoms with Gasteiger partial charge in [-0.05, 0) is 25.7 Å². The van der Waals surface area contributed by atoms with Crippen LogP contribution in [0.4, 0.5) is 0 Å². The zero-order valence-corrected chi connectivity index (χ0v) is 12.3. The van der Waals surface area contributed by atoms with Crippen LogP contribution in [0.2, 0.25) is 0 Å². The molecule has 1 fully saturated rings. The van der Waals surface area contributed by atoms with E-state index in [1.165, 1.54) is 0 Å². The van der Waals surface area contributed by atoms with Gasteiger partial charge in [-0.15, -0.1) is 0 Å². The Morgan fingerprint density at radius 2 is 1.95 bits per heavy atom. The van der Waals surface area contributed by atoms with E-state index in [2.05, 4.69) is 15.8 Å². The summed E-state index contributed by atoms with van der Waals surface area (Å²) in [6.07, 6.45) is 1.92. The van der Waals surface area contributed by atoms with Crippen molar-refractivity contribution in [2.45, 2.75) is 46.1 Å². The van der Waals surface area contributed by atoms with Crippen molar-refractivity contribution in [2.75, 3.05) is 6.54 Å². The molecule has 1 saturated carbocycles. The van der Waals surface area contributed by atoms with Crippen LogP contribution >= 0.6 is 0 Å². The van der Waals surface area contributed by atoms with E-state index in [0.29, 0.717) is 25.3 Å². The molecule has 7 heteroatoms. The van der Waals surface area contributed by atoms with Gasteiger partial charge in [-0.3, -0.25) is 9.59 Å². The molecule has 1 rings (SSSR count). The van der Waals surface area contributed by atoms with Crippen LogP contribution in [-0.4, -0.2) is 35.4 Å². The average Bonchev–Trinajstić information content (AvgIpc) is 2.33. The van der Waals surface area contributed by atoms with Crippen LogP contribution in [0.5, 0.6) is 0 Å². The van der Waals surface area contributed by atoms with Crippen molar-refractivity contribution in [1.82, 2.24) is 10.6 Å². The first-order valence-electron chi connectivity index (χ1n) is 6.90. The van der Waals surface area contributed by atoms with Crippen LogP contribution in [-0.2, 0) is 9.59 Å². The molecule has 0 radical (unpaired) electrons. The van der Waals surface area contributed by atoms with E-state index < -0.39 is 11.5 Å². The quantitative estimate of drug-likeness (QED) is 0.241. The second-order valence-electron chi connectivity index (χ2n) is 5.76. The van der Waals surface area contributed by atoms with Crippen molar-refractivity contribution in [3.05, 3.63) is 0 Å². The number of amidine groups is 1. The summed E-state index contributed by atoms with van der Waals surface area (Å²) < 4.78 is 0. The zero-order chi connectivity index (χ0) is 15.3. The lowest BCUT2D eigenvalue weighted by Crippen LogP contribution is -2.57. The van der Waals surface area contributed by atoms with Gasteiger partial charge in [0.15, 0.2) is 5.84 Å². The van der Waals surface area contributed by atoms with Gasteiger partial charge in [0.25, 0.3) is 0 Å². The number of oxime groups is 1. The van der Waals surface area contributed by atoms with Crippen LogP contribution in [0, 0.1) is 11.3 Å². The predicted molar refractivity (Wildman–Crippen MR) is 75.1 cm³/mol. The molecule has 0 saturated heterocycles. The first-order chi connectivity index (χ1) is 9.33. The summed E-state index contributed by atoms with van der Waals surface area (Å²) in [6.45, 7) is 6.16. The molecule has 7 nitrogen and oxygen atoms in total. The summed E-state index contributed by atoms with van der Waals surface area (Å²) in [5.74, 6) is -0.333. The Balaban J connectivity index is 2.59. The van der Waals surface area contributed by atoms with Crippen molar-refractivity contribution < 1.29 is 14.8 Å². The molecule has 0 aromatic heterocycles. The average molecular weight is 284 g/mol. The summed E-state index contributed by atoms with van der Waals surface area (Å²) in [5, 5.41) is 17.1. The standard InChI is InChI=1S/C13H24N4O3/c1-8(2)7-15-10(18)9(3)16-12(19)13(5-4-6-13)11(14)17-20/h8-9,20H,4-7H2,1-3H3,(H2,14,17)(H,15,18)(H,16,19). The molecular weight excluding hydrogens is 260 g/mol. The van der Waals surface area contributed by atoms with E-state index in [0.717, 1.165) is 6.42 Å². The third-order valence-electron chi connectivity index (χ3n) is 3.67. The second kappa shape index (κ2) is 6.58. The first-order valence-corrected chi connectivity index (χ1v) is 6.90.